The summed E-state index contributed by atoms with van der Waals surface area (Å²) in [4.78, 5) is 61.4. The van der Waals surface area contributed by atoms with Crippen LogP contribution in [0.2, 0.25) is 0 Å². The smallest absolute Gasteiger partial charge is 0.260 e. The van der Waals surface area contributed by atoms with Gasteiger partial charge >= 0.3 is 0 Å². The van der Waals surface area contributed by atoms with Gasteiger partial charge in [0.2, 0.25) is 6.41 Å². The van der Waals surface area contributed by atoms with Gasteiger partial charge in [0.05, 0.1) is 5.56 Å². The van der Waals surface area contributed by atoms with Gasteiger partial charge in [-0.1, -0.05) is 12.1 Å². The molecule has 0 heterocycles. The normalized spacial score (nSPS) is 10.1. The summed E-state index contributed by atoms with van der Waals surface area (Å²) in [6, 6.07) is 8.83. The minimum Gasteiger partial charge on any atom is -0.345 e. The number of benzene rings is 2. The minimum absolute atomic E-state index is 0.126. The molecule has 0 fully saturated rings. The lowest BCUT2D eigenvalue weighted by Crippen LogP contribution is -2.25. The van der Waals surface area contributed by atoms with Crippen molar-refractivity contribution in [3.05, 3.63) is 69.8 Å². The van der Waals surface area contributed by atoms with Crippen LogP contribution in [0.4, 0.5) is 0 Å². The van der Waals surface area contributed by atoms with E-state index >= 15 is 0 Å². The number of carbonyl (C=O) groups is 5. The molecule has 0 bridgehead atoms. The molecule has 0 saturated carbocycles. The van der Waals surface area contributed by atoms with Crippen LogP contribution in [0.15, 0.2) is 36.4 Å². The second-order valence-electron chi connectivity index (χ2n) is 6.50. The highest BCUT2D eigenvalue weighted by molar-refractivity contribution is 6.12. The van der Waals surface area contributed by atoms with Gasteiger partial charge in [-0.15, -0.1) is 0 Å². The molecule has 0 aromatic heterocycles. The molecule has 0 aliphatic carbocycles. The van der Waals surface area contributed by atoms with E-state index in [1.807, 2.05) is 0 Å². The molecule has 0 atom stereocenters. The van der Waals surface area contributed by atoms with E-state index in [-0.39, 0.29) is 28.4 Å². The monoisotopic (exact) mass is 380 g/mol. The van der Waals surface area contributed by atoms with E-state index in [2.05, 4.69) is 0 Å². The Morgan fingerprint density at radius 2 is 1.39 bits per heavy atom. The zero-order chi connectivity index (χ0) is 21.0. The first kappa shape index (κ1) is 20.7. The van der Waals surface area contributed by atoms with Crippen LogP contribution in [0.3, 0.4) is 0 Å². The quantitative estimate of drug-likeness (QED) is 0.564. The number of imide groups is 1. The van der Waals surface area contributed by atoms with E-state index in [9.17, 15) is 24.0 Å². The highest BCUT2D eigenvalue weighted by Crippen LogP contribution is 2.19. The highest BCUT2D eigenvalue weighted by Gasteiger charge is 2.19. The number of rotatable bonds is 6. The molecule has 0 aliphatic heterocycles. The van der Waals surface area contributed by atoms with Crippen molar-refractivity contribution in [2.24, 2.45) is 0 Å². The number of carbonyl (C=O) groups excluding carboxylic acids is 5. The molecule has 2 rings (SSSR count). The molecule has 0 unspecified atom stereocenters. The Kier molecular flexibility index (Phi) is 6.20. The predicted molar refractivity (Wildman–Crippen MR) is 103 cm³/mol. The number of aldehydes is 1. The van der Waals surface area contributed by atoms with Gasteiger partial charge in [0.25, 0.3) is 11.8 Å². The lowest BCUT2D eigenvalue weighted by molar-refractivity contribution is -0.115. The Balaban J connectivity index is 2.40. The van der Waals surface area contributed by atoms with Crippen molar-refractivity contribution in [2.45, 2.75) is 6.92 Å². The molecular weight excluding hydrogens is 360 g/mol. The minimum atomic E-state index is -0.471. The van der Waals surface area contributed by atoms with E-state index in [1.54, 1.807) is 27.1 Å². The fourth-order valence-corrected chi connectivity index (χ4v) is 2.69. The molecule has 3 amide bonds. The first-order chi connectivity index (χ1) is 13.2. The first-order valence-corrected chi connectivity index (χ1v) is 8.40. The maximum atomic E-state index is 12.8. The molecule has 2 aromatic rings. The number of aryl methyl sites for hydroxylation is 1. The second-order valence-corrected chi connectivity index (χ2v) is 6.50. The average Bonchev–Trinajstić information content (AvgIpc) is 2.70. The van der Waals surface area contributed by atoms with Crippen molar-refractivity contribution in [3.8, 4) is 0 Å². The third kappa shape index (κ3) is 4.03. The summed E-state index contributed by atoms with van der Waals surface area (Å²) < 4.78 is 0. The van der Waals surface area contributed by atoms with E-state index in [4.69, 9.17) is 0 Å². The fourth-order valence-electron chi connectivity index (χ4n) is 2.69. The van der Waals surface area contributed by atoms with Crippen molar-refractivity contribution in [1.82, 2.24) is 9.80 Å². The van der Waals surface area contributed by atoms with Gasteiger partial charge in [0, 0.05) is 43.4 Å². The molecule has 7 nitrogen and oxygen atoms in total. The lowest BCUT2D eigenvalue weighted by Gasteiger charge is -2.13. The Hall–Kier alpha value is -3.61. The third-order valence-corrected chi connectivity index (χ3v) is 4.27. The topological polar surface area (TPSA) is 91.8 Å². The molecule has 144 valence electrons. The van der Waals surface area contributed by atoms with Gasteiger partial charge in [0.15, 0.2) is 12.1 Å². The number of nitrogens with zero attached hydrogens (tertiary/aromatic N) is 2. The Labute approximate surface area is 162 Å². The molecule has 0 saturated heterocycles. The van der Waals surface area contributed by atoms with Crippen LogP contribution >= 0.6 is 0 Å². The van der Waals surface area contributed by atoms with Crippen molar-refractivity contribution in [3.63, 3.8) is 0 Å². The maximum Gasteiger partial charge on any atom is 0.260 e. The van der Waals surface area contributed by atoms with Crippen molar-refractivity contribution in [1.29, 1.82) is 0 Å². The summed E-state index contributed by atoms with van der Waals surface area (Å²) in [6.07, 6.45) is 0.953. The average molecular weight is 380 g/mol. The van der Waals surface area contributed by atoms with Gasteiger partial charge in [0.1, 0.15) is 0 Å². The fraction of sp³-hybridized carbons (Fsp3) is 0.190. The van der Waals surface area contributed by atoms with Crippen LogP contribution in [0.5, 0.6) is 0 Å². The van der Waals surface area contributed by atoms with Gasteiger partial charge in [-0.05, 0) is 36.8 Å². The van der Waals surface area contributed by atoms with Crippen LogP contribution < -0.4 is 0 Å². The largest absolute Gasteiger partial charge is 0.345 e. The number of hydrogen-bond acceptors (Lipinski definition) is 5. The zero-order valence-corrected chi connectivity index (χ0v) is 16.1. The summed E-state index contributed by atoms with van der Waals surface area (Å²) in [6.45, 7) is 1.67. The third-order valence-electron chi connectivity index (χ3n) is 4.27. The number of hydrogen-bond donors (Lipinski definition) is 0. The Morgan fingerprint density at radius 1 is 0.821 bits per heavy atom. The van der Waals surface area contributed by atoms with Crippen LogP contribution in [0, 0.1) is 6.92 Å². The SMILES string of the molecule is Cc1cc(C(=O)c2ccc(C(=O)N(C)C)c(C=O)c2)ccc1C(=O)N(C)C=O. The lowest BCUT2D eigenvalue weighted by atomic mass is 9.95. The Morgan fingerprint density at radius 3 is 1.89 bits per heavy atom. The highest BCUT2D eigenvalue weighted by atomic mass is 16.2. The summed E-state index contributed by atoms with van der Waals surface area (Å²) in [5.41, 5.74) is 1.77. The molecule has 0 radical (unpaired) electrons. The van der Waals surface area contributed by atoms with Crippen molar-refractivity contribution >= 4 is 30.3 Å². The van der Waals surface area contributed by atoms with E-state index < -0.39 is 5.91 Å². The van der Waals surface area contributed by atoms with Crippen LogP contribution in [0.1, 0.15) is 52.6 Å². The molecule has 2 aromatic carbocycles. The summed E-state index contributed by atoms with van der Waals surface area (Å²) in [5, 5.41) is 0. The summed E-state index contributed by atoms with van der Waals surface area (Å²) in [7, 11) is 4.50. The molecule has 28 heavy (non-hydrogen) atoms. The van der Waals surface area contributed by atoms with Crippen molar-refractivity contribution in [2.75, 3.05) is 21.1 Å². The maximum absolute atomic E-state index is 12.8. The van der Waals surface area contributed by atoms with Crippen LogP contribution in [-0.2, 0) is 4.79 Å². The van der Waals surface area contributed by atoms with E-state index in [1.165, 1.54) is 42.3 Å². The van der Waals surface area contributed by atoms with Crippen LogP contribution in [-0.4, -0.2) is 61.2 Å². The predicted octanol–water partition coefficient (Wildman–Crippen LogP) is 1.97. The summed E-state index contributed by atoms with van der Waals surface area (Å²) >= 11 is 0. The van der Waals surface area contributed by atoms with E-state index in [0.29, 0.717) is 29.4 Å². The van der Waals surface area contributed by atoms with Gasteiger partial charge in [-0.3, -0.25) is 28.9 Å². The van der Waals surface area contributed by atoms with Gasteiger partial charge < -0.3 is 4.90 Å². The molecule has 0 aliphatic rings. The summed E-state index contributed by atoms with van der Waals surface area (Å²) in [5.74, 6) is -1.15. The van der Waals surface area contributed by atoms with Crippen molar-refractivity contribution < 1.29 is 24.0 Å². The van der Waals surface area contributed by atoms with Gasteiger partial charge in [-0.25, -0.2) is 0 Å². The number of ketones is 1. The molecular formula is C21H20N2O5. The van der Waals surface area contributed by atoms with Crippen LogP contribution in [0.25, 0.3) is 0 Å². The second kappa shape index (κ2) is 8.39. The van der Waals surface area contributed by atoms with E-state index in [0.717, 1.165) is 4.90 Å². The molecule has 0 spiro atoms. The standard InChI is InChI=1S/C21H20N2O5/c1-13-9-14(5-7-17(13)21(28)23(4)12-25)19(26)15-6-8-18(16(10-15)11-24)20(27)22(2)3/h5-12H,1-4H3. The number of amides is 3. The zero-order valence-electron chi connectivity index (χ0n) is 16.1. The van der Waals surface area contributed by atoms with Gasteiger partial charge in [-0.2, -0.15) is 0 Å². The first-order valence-electron chi connectivity index (χ1n) is 8.40. The molecule has 0 N–H and O–H groups in total. The molecule has 7 heteroatoms. The Bertz CT molecular complexity index is 979.